The second kappa shape index (κ2) is 8.85. The third kappa shape index (κ3) is 4.97. The highest BCUT2D eigenvalue weighted by atomic mass is 32.1. The van der Waals surface area contributed by atoms with Crippen molar-refractivity contribution in [2.75, 3.05) is 11.9 Å². The Balaban J connectivity index is 1.57. The molecule has 0 fully saturated rings. The van der Waals surface area contributed by atoms with Gasteiger partial charge in [-0.2, -0.15) is 5.10 Å². The van der Waals surface area contributed by atoms with Gasteiger partial charge in [-0.3, -0.25) is 9.48 Å². The summed E-state index contributed by atoms with van der Waals surface area (Å²) in [6.45, 7) is 2.42. The number of hydrogen-bond acceptors (Lipinski definition) is 7. The molecule has 0 radical (unpaired) electrons. The van der Waals surface area contributed by atoms with Gasteiger partial charge in [0.15, 0.2) is 0 Å². The summed E-state index contributed by atoms with van der Waals surface area (Å²) >= 11 is 1.22. The highest BCUT2D eigenvalue weighted by molar-refractivity contribution is 7.13. The standard InChI is InChI=1S/C18H22N6O2S/c1-3-12-4-6-14(7-5-12)21-17(26)18-23-22-16(27-18)9-19-15(11-25)13-8-20-24(2)10-13/h4-8,10,15,19,25H,3,9,11H2,1-2H3,(H,21,26)/t15-/m0/s1. The van der Waals surface area contributed by atoms with E-state index in [0.29, 0.717) is 16.6 Å². The zero-order valence-electron chi connectivity index (χ0n) is 15.2. The van der Waals surface area contributed by atoms with E-state index in [1.54, 1.807) is 10.9 Å². The van der Waals surface area contributed by atoms with E-state index in [1.165, 1.54) is 16.9 Å². The van der Waals surface area contributed by atoms with Crippen molar-refractivity contribution < 1.29 is 9.90 Å². The van der Waals surface area contributed by atoms with Gasteiger partial charge in [-0.25, -0.2) is 0 Å². The van der Waals surface area contributed by atoms with Crippen molar-refractivity contribution in [3.05, 3.63) is 57.8 Å². The second-order valence-electron chi connectivity index (χ2n) is 6.07. The molecule has 2 heterocycles. The van der Waals surface area contributed by atoms with Crippen LogP contribution in [0.4, 0.5) is 5.69 Å². The van der Waals surface area contributed by atoms with Crippen LogP contribution in [0.5, 0.6) is 0 Å². The molecule has 1 atom stereocenters. The molecule has 142 valence electrons. The highest BCUT2D eigenvalue weighted by Crippen LogP contribution is 2.16. The second-order valence-corrected chi connectivity index (χ2v) is 7.13. The summed E-state index contributed by atoms with van der Waals surface area (Å²) in [5.74, 6) is -0.283. The lowest BCUT2D eigenvalue weighted by atomic mass is 10.1. The Kier molecular flexibility index (Phi) is 6.28. The minimum Gasteiger partial charge on any atom is -0.394 e. The van der Waals surface area contributed by atoms with Crippen LogP contribution in [0.3, 0.4) is 0 Å². The van der Waals surface area contributed by atoms with Crippen molar-refractivity contribution in [3.8, 4) is 0 Å². The largest absolute Gasteiger partial charge is 0.394 e. The van der Waals surface area contributed by atoms with E-state index in [-0.39, 0.29) is 18.6 Å². The van der Waals surface area contributed by atoms with Crippen molar-refractivity contribution in [3.63, 3.8) is 0 Å². The third-order valence-electron chi connectivity index (χ3n) is 4.09. The Bertz CT molecular complexity index is 889. The first-order chi connectivity index (χ1) is 13.1. The van der Waals surface area contributed by atoms with Gasteiger partial charge in [-0.05, 0) is 24.1 Å². The topological polar surface area (TPSA) is 105 Å². The van der Waals surface area contributed by atoms with Crippen molar-refractivity contribution in [2.24, 2.45) is 7.05 Å². The van der Waals surface area contributed by atoms with E-state index >= 15 is 0 Å². The van der Waals surface area contributed by atoms with Crippen molar-refractivity contribution in [1.82, 2.24) is 25.3 Å². The van der Waals surface area contributed by atoms with E-state index in [1.807, 2.05) is 37.5 Å². The summed E-state index contributed by atoms with van der Waals surface area (Å²) in [6, 6.07) is 7.47. The molecule has 1 aromatic carbocycles. The lowest BCUT2D eigenvalue weighted by molar-refractivity contribution is 0.102. The van der Waals surface area contributed by atoms with Crippen molar-refractivity contribution in [2.45, 2.75) is 25.9 Å². The number of aryl methyl sites for hydroxylation is 2. The maximum Gasteiger partial charge on any atom is 0.286 e. The van der Waals surface area contributed by atoms with Crippen molar-refractivity contribution in [1.29, 1.82) is 0 Å². The zero-order chi connectivity index (χ0) is 19.2. The number of carbonyl (C=O) groups excluding carboxylic acids is 1. The SMILES string of the molecule is CCc1ccc(NC(=O)c2nnc(CN[C@@H](CO)c3cnn(C)c3)s2)cc1. The average molecular weight is 386 g/mol. The summed E-state index contributed by atoms with van der Waals surface area (Å²) in [6.07, 6.45) is 4.50. The lowest BCUT2D eigenvalue weighted by Crippen LogP contribution is -2.23. The van der Waals surface area contributed by atoms with Gasteiger partial charge in [0.1, 0.15) is 5.01 Å². The van der Waals surface area contributed by atoms with E-state index < -0.39 is 0 Å². The molecule has 0 spiro atoms. The first-order valence-electron chi connectivity index (χ1n) is 8.64. The van der Waals surface area contributed by atoms with Crippen LogP contribution >= 0.6 is 11.3 Å². The number of amides is 1. The molecule has 0 saturated heterocycles. The minimum absolute atomic E-state index is 0.0639. The van der Waals surface area contributed by atoms with Crippen molar-refractivity contribution >= 4 is 22.9 Å². The van der Waals surface area contributed by atoms with Crippen LogP contribution in [0.1, 0.15) is 38.9 Å². The van der Waals surface area contributed by atoms with Gasteiger partial charge in [-0.1, -0.05) is 30.4 Å². The maximum absolute atomic E-state index is 12.3. The Labute approximate surface area is 161 Å². The molecule has 0 bridgehead atoms. The van der Waals surface area contributed by atoms with Crippen LogP contribution < -0.4 is 10.6 Å². The normalized spacial score (nSPS) is 12.1. The predicted octanol–water partition coefficient (Wildman–Crippen LogP) is 1.91. The van der Waals surface area contributed by atoms with E-state index in [0.717, 1.165) is 17.7 Å². The lowest BCUT2D eigenvalue weighted by Gasteiger charge is -2.12. The molecule has 0 aliphatic heterocycles. The minimum atomic E-state index is -0.283. The Hall–Kier alpha value is -2.62. The van der Waals surface area contributed by atoms with Gasteiger partial charge >= 0.3 is 0 Å². The summed E-state index contributed by atoms with van der Waals surface area (Å²) < 4.78 is 1.68. The molecule has 3 N–H and O–H groups in total. The molecule has 0 saturated carbocycles. The van der Waals surface area contributed by atoms with Crippen LogP contribution in [-0.4, -0.2) is 37.6 Å². The predicted molar refractivity (Wildman–Crippen MR) is 104 cm³/mol. The maximum atomic E-state index is 12.3. The molecule has 0 unspecified atom stereocenters. The number of aliphatic hydroxyl groups excluding tert-OH is 1. The quantitative estimate of drug-likeness (QED) is 0.546. The number of carbonyl (C=O) groups is 1. The zero-order valence-corrected chi connectivity index (χ0v) is 16.0. The van der Waals surface area contributed by atoms with Gasteiger partial charge in [0.25, 0.3) is 5.91 Å². The molecule has 0 aliphatic rings. The number of anilines is 1. The van der Waals surface area contributed by atoms with Gasteiger partial charge in [0.05, 0.1) is 25.4 Å². The molecule has 2 aromatic heterocycles. The van der Waals surface area contributed by atoms with Gasteiger partial charge in [0, 0.05) is 24.5 Å². The molecule has 3 rings (SSSR count). The average Bonchev–Trinajstić information content (AvgIpc) is 3.32. The summed E-state index contributed by atoms with van der Waals surface area (Å²) in [4.78, 5) is 12.3. The van der Waals surface area contributed by atoms with Crippen LogP contribution in [0.25, 0.3) is 0 Å². The molecule has 8 nitrogen and oxygen atoms in total. The summed E-state index contributed by atoms with van der Waals surface area (Å²) in [7, 11) is 1.82. The Morgan fingerprint density at radius 1 is 1.30 bits per heavy atom. The van der Waals surface area contributed by atoms with E-state index in [4.69, 9.17) is 0 Å². The van der Waals surface area contributed by atoms with Gasteiger partial charge in [-0.15, -0.1) is 10.2 Å². The van der Waals surface area contributed by atoms with E-state index in [2.05, 4.69) is 32.9 Å². The van der Waals surface area contributed by atoms with Gasteiger partial charge in [0.2, 0.25) is 5.01 Å². The third-order valence-corrected chi connectivity index (χ3v) is 5.01. The number of nitrogens with one attached hydrogen (secondary N) is 2. The van der Waals surface area contributed by atoms with Crippen LogP contribution in [0.15, 0.2) is 36.7 Å². The van der Waals surface area contributed by atoms with Crippen LogP contribution in [-0.2, 0) is 20.0 Å². The molecular weight excluding hydrogens is 364 g/mol. The Morgan fingerprint density at radius 3 is 2.70 bits per heavy atom. The molecule has 0 aliphatic carbocycles. The number of benzene rings is 1. The van der Waals surface area contributed by atoms with Crippen LogP contribution in [0, 0.1) is 0 Å². The molecular formula is C18H22N6O2S. The monoisotopic (exact) mass is 386 g/mol. The number of rotatable bonds is 8. The fourth-order valence-corrected chi connectivity index (χ4v) is 3.23. The fourth-order valence-electron chi connectivity index (χ4n) is 2.54. The van der Waals surface area contributed by atoms with Crippen LogP contribution in [0.2, 0.25) is 0 Å². The molecule has 1 amide bonds. The number of nitrogens with zero attached hydrogens (tertiary/aromatic N) is 4. The molecule has 3 aromatic rings. The summed E-state index contributed by atoms with van der Waals surface area (Å²) in [5, 5.41) is 28.7. The van der Waals surface area contributed by atoms with E-state index in [9.17, 15) is 9.90 Å². The molecule has 27 heavy (non-hydrogen) atoms. The van der Waals surface area contributed by atoms with Gasteiger partial charge < -0.3 is 15.7 Å². The number of aliphatic hydroxyl groups is 1. The smallest absolute Gasteiger partial charge is 0.286 e. The number of aromatic nitrogens is 4. The molecule has 9 heteroatoms. The first kappa shape index (κ1) is 19.2. The Morgan fingerprint density at radius 2 is 2.07 bits per heavy atom. The summed E-state index contributed by atoms with van der Waals surface area (Å²) in [5.41, 5.74) is 2.83. The first-order valence-corrected chi connectivity index (χ1v) is 9.46. The number of hydrogen-bond donors (Lipinski definition) is 3. The fraction of sp³-hybridized carbons (Fsp3) is 0.333. The highest BCUT2D eigenvalue weighted by Gasteiger charge is 2.16.